The Morgan fingerprint density at radius 3 is 2.42 bits per heavy atom. The molecule has 1 atom stereocenters. The second-order valence-electron chi connectivity index (χ2n) is 9.59. The smallest absolute Gasteiger partial charge is 0.254 e. The van der Waals surface area contributed by atoms with Crippen LogP contribution in [0.4, 0.5) is 0 Å². The van der Waals surface area contributed by atoms with Gasteiger partial charge in [-0.05, 0) is 55.6 Å². The highest BCUT2D eigenvalue weighted by atomic mass is 16.5. The molecule has 6 heteroatoms. The first kappa shape index (κ1) is 25.5. The lowest BCUT2D eigenvalue weighted by molar-refractivity contribution is 0.0605. The van der Waals surface area contributed by atoms with Crippen molar-refractivity contribution in [1.29, 1.82) is 0 Å². The van der Waals surface area contributed by atoms with Gasteiger partial charge in [-0.15, -0.1) is 0 Å². The molecule has 188 valence electrons. The Balaban J connectivity index is 1.86. The number of nitrogens with zero attached hydrogens (tertiary/aromatic N) is 3. The van der Waals surface area contributed by atoms with Gasteiger partial charge in [0.05, 0.1) is 24.2 Å². The number of aromatic nitrogens is 2. The summed E-state index contributed by atoms with van der Waals surface area (Å²) in [5.41, 5.74) is 10.7. The van der Waals surface area contributed by atoms with Crippen LogP contribution in [0.2, 0.25) is 0 Å². The summed E-state index contributed by atoms with van der Waals surface area (Å²) in [6.07, 6.45) is 0.716. The van der Waals surface area contributed by atoms with Gasteiger partial charge in [0.1, 0.15) is 11.6 Å². The third-order valence-corrected chi connectivity index (χ3v) is 6.56. The number of carbonyl (C=O) groups excluding carboxylic acids is 1. The van der Waals surface area contributed by atoms with Crippen molar-refractivity contribution in [3.8, 4) is 5.75 Å². The van der Waals surface area contributed by atoms with Crippen molar-refractivity contribution in [1.82, 2.24) is 14.5 Å². The second kappa shape index (κ2) is 11.4. The molecular formula is C30H36N4O2. The fraction of sp³-hybridized carbons (Fsp3) is 0.333. The molecule has 0 saturated heterocycles. The molecule has 0 aliphatic rings. The van der Waals surface area contributed by atoms with Crippen molar-refractivity contribution >= 4 is 16.9 Å². The van der Waals surface area contributed by atoms with Gasteiger partial charge in [-0.3, -0.25) is 4.79 Å². The lowest BCUT2D eigenvalue weighted by Crippen LogP contribution is -2.40. The number of hydrogen-bond acceptors (Lipinski definition) is 4. The number of rotatable bonds is 10. The Labute approximate surface area is 213 Å². The number of carbonyl (C=O) groups is 1. The average Bonchev–Trinajstić information content (AvgIpc) is 3.23. The summed E-state index contributed by atoms with van der Waals surface area (Å²) in [4.78, 5) is 21.0. The van der Waals surface area contributed by atoms with E-state index in [2.05, 4.69) is 36.6 Å². The minimum atomic E-state index is -0.229. The number of fused-ring (bicyclic) bond motifs is 1. The molecule has 0 unspecified atom stereocenters. The SMILES string of the molecule is COc1ccc2c(c1)nc([C@@H](C(C)C)N(CCCN)C(=O)c1ccc(C)cc1)n2Cc1ccccc1. The zero-order chi connectivity index (χ0) is 25.7. The van der Waals surface area contributed by atoms with Crippen LogP contribution >= 0.6 is 0 Å². The van der Waals surface area contributed by atoms with Gasteiger partial charge in [-0.25, -0.2) is 4.98 Å². The van der Waals surface area contributed by atoms with Crippen LogP contribution in [0.1, 0.15) is 53.6 Å². The first-order valence-electron chi connectivity index (χ1n) is 12.6. The van der Waals surface area contributed by atoms with Crippen LogP contribution in [-0.2, 0) is 6.54 Å². The van der Waals surface area contributed by atoms with Crippen molar-refractivity contribution in [2.75, 3.05) is 20.2 Å². The van der Waals surface area contributed by atoms with Crippen molar-refractivity contribution in [2.24, 2.45) is 11.7 Å². The highest BCUT2D eigenvalue weighted by Gasteiger charge is 2.32. The van der Waals surface area contributed by atoms with Crippen molar-refractivity contribution in [3.05, 3.63) is 95.3 Å². The number of benzene rings is 3. The molecule has 1 amide bonds. The summed E-state index contributed by atoms with van der Waals surface area (Å²) >= 11 is 0. The molecule has 1 heterocycles. The third-order valence-electron chi connectivity index (χ3n) is 6.56. The quantitative estimate of drug-likeness (QED) is 0.318. The normalized spacial score (nSPS) is 12.2. The van der Waals surface area contributed by atoms with E-state index >= 15 is 0 Å². The predicted octanol–water partition coefficient (Wildman–Crippen LogP) is 5.59. The molecule has 3 aromatic carbocycles. The maximum absolute atomic E-state index is 13.9. The molecule has 6 nitrogen and oxygen atoms in total. The largest absolute Gasteiger partial charge is 0.497 e. The van der Waals surface area contributed by atoms with Gasteiger partial charge in [0, 0.05) is 24.7 Å². The monoisotopic (exact) mass is 484 g/mol. The van der Waals surface area contributed by atoms with E-state index in [1.54, 1.807) is 7.11 Å². The van der Waals surface area contributed by atoms with Crippen LogP contribution in [0.25, 0.3) is 11.0 Å². The van der Waals surface area contributed by atoms with Crippen LogP contribution in [0.3, 0.4) is 0 Å². The minimum Gasteiger partial charge on any atom is -0.497 e. The fourth-order valence-electron chi connectivity index (χ4n) is 4.70. The molecule has 4 rings (SSSR count). The fourth-order valence-corrected chi connectivity index (χ4v) is 4.70. The Bertz CT molecular complexity index is 1300. The van der Waals surface area contributed by atoms with Crippen LogP contribution < -0.4 is 10.5 Å². The Morgan fingerprint density at radius 1 is 1.06 bits per heavy atom. The molecule has 0 spiro atoms. The molecule has 0 bridgehead atoms. The molecule has 0 fully saturated rings. The first-order chi connectivity index (χ1) is 17.4. The molecule has 0 aliphatic carbocycles. The number of aryl methyl sites for hydroxylation is 1. The molecule has 2 N–H and O–H groups in total. The first-order valence-corrected chi connectivity index (χ1v) is 12.6. The number of methoxy groups -OCH3 is 1. The van der Waals surface area contributed by atoms with Gasteiger partial charge in [-0.2, -0.15) is 0 Å². The van der Waals surface area contributed by atoms with E-state index in [9.17, 15) is 4.79 Å². The maximum Gasteiger partial charge on any atom is 0.254 e. The number of amides is 1. The molecule has 0 saturated carbocycles. The van der Waals surface area contributed by atoms with E-state index in [0.717, 1.165) is 28.2 Å². The Morgan fingerprint density at radius 2 is 1.78 bits per heavy atom. The highest BCUT2D eigenvalue weighted by Crippen LogP contribution is 2.34. The van der Waals surface area contributed by atoms with E-state index in [-0.39, 0.29) is 17.9 Å². The Hall–Kier alpha value is -3.64. The molecule has 36 heavy (non-hydrogen) atoms. The minimum absolute atomic E-state index is 0.00181. The van der Waals surface area contributed by atoms with Gasteiger partial charge >= 0.3 is 0 Å². The van der Waals surface area contributed by atoms with E-state index in [4.69, 9.17) is 15.5 Å². The number of hydrogen-bond donors (Lipinski definition) is 1. The zero-order valence-corrected chi connectivity index (χ0v) is 21.6. The predicted molar refractivity (Wildman–Crippen MR) is 145 cm³/mol. The van der Waals surface area contributed by atoms with Crippen LogP contribution in [-0.4, -0.2) is 40.6 Å². The van der Waals surface area contributed by atoms with Crippen molar-refractivity contribution in [2.45, 2.75) is 39.8 Å². The lowest BCUT2D eigenvalue weighted by atomic mass is 9.99. The summed E-state index contributed by atoms with van der Waals surface area (Å²) in [5, 5.41) is 0. The highest BCUT2D eigenvalue weighted by molar-refractivity contribution is 5.94. The molecule has 0 aliphatic heterocycles. The van der Waals surface area contributed by atoms with E-state index in [1.165, 1.54) is 5.56 Å². The van der Waals surface area contributed by atoms with Crippen LogP contribution in [0.5, 0.6) is 5.75 Å². The van der Waals surface area contributed by atoms with E-state index in [1.807, 2.05) is 66.4 Å². The molecular weight excluding hydrogens is 448 g/mol. The number of imidazole rings is 1. The topological polar surface area (TPSA) is 73.4 Å². The number of ether oxygens (including phenoxy) is 1. The maximum atomic E-state index is 13.9. The van der Waals surface area contributed by atoms with Crippen molar-refractivity contribution in [3.63, 3.8) is 0 Å². The average molecular weight is 485 g/mol. The van der Waals surface area contributed by atoms with Crippen molar-refractivity contribution < 1.29 is 9.53 Å². The standard InChI is InChI=1S/C30H36N4O2/c1-21(2)28(33(18-8-17-31)30(35)24-13-11-22(3)12-14-24)29-32-26-19-25(36-4)15-16-27(26)34(29)20-23-9-6-5-7-10-23/h5-7,9-16,19,21,28H,8,17-18,20,31H2,1-4H3/t28-/m1/s1. The van der Waals surface area contributed by atoms with Crippen LogP contribution in [0, 0.1) is 12.8 Å². The summed E-state index contributed by atoms with van der Waals surface area (Å²) in [7, 11) is 1.66. The van der Waals surface area contributed by atoms with Crippen LogP contribution in [0.15, 0.2) is 72.8 Å². The summed E-state index contributed by atoms with van der Waals surface area (Å²) < 4.78 is 7.72. The van der Waals surface area contributed by atoms with E-state index in [0.29, 0.717) is 31.6 Å². The molecule has 4 aromatic rings. The molecule has 0 radical (unpaired) electrons. The Kier molecular flexibility index (Phi) is 8.06. The lowest BCUT2D eigenvalue weighted by Gasteiger charge is -2.34. The zero-order valence-electron chi connectivity index (χ0n) is 21.6. The van der Waals surface area contributed by atoms with Gasteiger partial charge in [0.15, 0.2) is 0 Å². The molecule has 1 aromatic heterocycles. The van der Waals surface area contributed by atoms with Gasteiger partial charge in [-0.1, -0.05) is 61.9 Å². The second-order valence-corrected chi connectivity index (χ2v) is 9.59. The van der Waals surface area contributed by atoms with Gasteiger partial charge < -0.3 is 19.9 Å². The summed E-state index contributed by atoms with van der Waals surface area (Å²) in [6.45, 7) is 8.05. The van der Waals surface area contributed by atoms with E-state index < -0.39 is 0 Å². The van der Waals surface area contributed by atoms with Gasteiger partial charge in [0.2, 0.25) is 0 Å². The number of nitrogens with two attached hydrogens (primary N) is 1. The third kappa shape index (κ3) is 5.44. The summed E-state index contributed by atoms with van der Waals surface area (Å²) in [5.74, 6) is 1.76. The van der Waals surface area contributed by atoms with Gasteiger partial charge in [0.25, 0.3) is 5.91 Å². The summed E-state index contributed by atoms with van der Waals surface area (Å²) in [6, 6.07) is 23.9.